The third-order valence-electron chi connectivity index (χ3n) is 3.90. The fraction of sp³-hybridized carbons (Fsp3) is 0.316. The van der Waals surface area contributed by atoms with Gasteiger partial charge in [-0.2, -0.15) is 4.98 Å². The lowest BCUT2D eigenvalue weighted by molar-refractivity contribution is 0.0307. The number of carbonyl (C=O) groups is 2. The van der Waals surface area contributed by atoms with Crippen molar-refractivity contribution in [2.75, 3.05) is 6.61 Å². The number of hydrogen-bond acceptors (Lipinski definition) is 7. The van der Waals surface area contributed by atoms with Gasteiger partial charge in [-0.15, -0.1) is 5.10 Å². The lowest BCUT2D eigenvalue weighted by Gasteiger charge is -2.11. The van der Waals surface area contributed by atoms with Crippen LogP contribution in [-0.2, 0) is 4.74 Å². The summed E-state index contributed by atoms with van der Waals surface area (Å²) < 4.78 is 12.1. The summed E-state index contributed by atoms with van der Waals surface area (Å²) in [7, 11) is 0. The molecule has 1 atom stereocenters. The first-order valence-electron chi connectivity index (χ1n) is 8.58. The molecule has 3 aromatic rings. The van der Waals surface area contributed by atoms with Crippen LogP contribution < -0.4 is 4.74 Å². The van der Waals surface area contributed by atoms with Crippen LogP contribution in [0, 0.1) is 13.8 Å². The first kappa shape index (κ1) is 18.5. The fourth-order valence-electron chi connectivity index (χ4n) is 2.64. The molecule has 2 aromatic heterocycles. The van der Waals surface area contributed by atoms with Gasteiger partial charge in [0.1, 0.15) is 5.75 Å². The highest BCUT2D eigenvalue weighted by Crippen LogP contribution is 2.15. The van der Waals surface area contributed by atoms with E-state index in [0.717, 1.165) is 11.4 Å². The number of Topliss-reactive ketones (excluding diaryl/α,β-unsaturated/α-hetero) is 1. The van der Waals surface area contributed by atoms with Crippen molar-refractivity contribution in [3.8, 4) is 5.75 Å². The van der Waals surface area contributed by atoms with E-state index in [1.807, 2.05) is 26.8 Å². The Balaban J connectivity index is 1.73. The van der Waals surface area contributed by atoms with E-state index < -0.39 is 12.1 Å². The molecule has 8 heteroatoms. The smallest absolute Gasteiger partial charge is 0.379 e. The van der Waals surface area contributed by atoms with Gasteiger partial charge < -0.3 is 9.47 Å². The molecular weight excluding hydrogens is 348 g/mol. The van der Waals surface area contributed by atoms with Crippen molar-refractivity contribution in [1.29, 1.82) is 0 Å². The molecule has 0 fully saturated rings. The summed E-state index contributed by atoms with van der Waals surface area (Å²) in [5.74, 6) is -0.247. The molecule has 0 saturated carbocycles. The van der Waals surface area contributed by atoms with E-state index >= 15 is 0 Å². The van der Waals surface area contributed by atoms with Crippen LogP contribution in [0.3, 0.4) is 0 Å². The first-order valence-corrected chi connectivity index (χ1v) is 8.58. The van der Waals surface area contributed by atoms with Gasteiger partial charge in [-0.1, -0.05) is 0 Å². The second-order valence-corrected chi connectivity index (χ2v) is 6.06. The first-order chi connectivity index (χ1) is 12.9. The summed E-state index contributed by atoms with van der Waals surface area (Å²) >= 11 is 0. The summed E-state index contributed by atoms with van der Waals surface area (Å²) in [5, 5.41) is 4.11. The molecule has 27 heavy (non-hydrogen) atoms. The fourth-order valence-corrected chi connectivity index (χ4v) is 2.64. The zero-order valence-corrected chi connectivity index (χ0v) is 15.6. The molecule has 8 nitrogen and oxygen atoms in total. The normalized spacial score (nSPS) is 12.0. The summed E-state index contributed by atoms with van der Waals surface area (Å²) in [4.78, 5) is 33.1. The van der Waals surface area contributed by atoms with Gasteiger partial charge in [0.15, 0.2) is 6.10 Å². The molecule has 1 aromatic carbocycles. The zero-order valence-electron chi connectivity index (χ0n) is 15.6. The van der Waals surface area contributed by atoms with Crippen LogP contribution in [0.25, 0.3) is 5.78 Å². The SMILES string of the molecule is CCOc1ccc(C(=O)[C@H](C)OC(=O)c2nc3nc(C)cc(C)n3n2)cc1. The number of aromatic nitrogens is 4. The maximum atomic E-state index is 12.5. The van der Waals surface area contributed by atoms with Crippen LogP contribution in [0.1, 0.15) is 46.2 Å². The van der Waals surface area contributed by atoms with E-state index in [-0.39, 0.29) is 11.6 Å². The highest BCUT2D eigenvalue weighted by Gasteiger charge is 2.23. The van der Waals surface area contributed by atoms with E-state index in [4.69, 9.17) is 9.47 Å². The van der Waals surface area contributed by atoms with Gasteiger partial charge in [-0.25, -0.2) is 14.3 Å². The second-order valence-electron chi connectivity index (χ2n) is 6.06. The molecule has 3 rings (SSSR count). The van der Waals surface area contributed by atoms with Crippen molar-refractivity contribution in [2.24, 2.45) is 0 Å². The van der Waals surface area contributed by atoms with Crippen LogP contribution in [-0.4, -0.2) is 44.0 Å². The maximum Gasteiger partial charge on any atom is 0.379 e. The molecule has 0 amide bonds. The van der Waals surface area contributed by atoms with Gasteiger partial charge in [0.25, 0.3) is 11.6 Å². The van der Waals surface area contributed by atoms with Gasteiger partial charge >= 0.3 is 5.97 Å². The number of carbonyl (C=O) groups excluding carboxylic acids is 2. The highest BCUT2D eigenvalue weighted by atomic mass is 16.5. The summed E-state index contributed by atoms with van der Waals surface area (Å²) in [6.45, 7) is 7.61. The third-order valence-corrected chi connectivity index (χ3v) is 3.90. The number of aryl methyl sites for hydroxylation is 2. The maximum absolute atomic E-state index is 12.5. The summed E-state index contributed by atoms with van der Waals surface area (Å²) in [5.41, 5.74) is 1.99. The van der Waals surface area contributed by atoms with E-state index in [9.17, 15) is 9.59 Å². The summed E-state index contributed by atoms with van der Waals surface area (Å²) in [6, 6.07) is 8.50. The lowest BCUT2D eigenvalue weighted by Crippen LogP contribution is -2.25. The van der Waals surface area contributed by atoms with Crippen molar-refractivity contribution in [3.05, 3.63) is 53.1 Å². The molecule has 0 unspecified atom stereocenters. The Hall–Kier alpha value is -3.29. The molecule has 0 radical (unpaired) electrons. The average molecular weight is 368 g/mol. The van der Waals surface area contributed by atoms with E-state index in [0.29, 0.717) is 23.7 Å². The molecule has 0 aliphatic rings. The van der Waals surface area contributed by atoms with E-state index in [1.54, 1.807) is 24.3 Å². The minimum atomic E-state index is -0.974. The predicted molar refractivity (Wildman–Crippen MR) is 97.1 cm³/mol. The zero-order chi connectivity index (χ0) is 19.6. The Bertz CT molecular complexity index is 995. The number of benzene rings is 1. The van der Waals surface area contributed by atoms with Crippen molar-refractivity contribution in [2.45, 2.75) is 33.8 Å². The van der Waals surface area contributed by atoms with Gasteiger partial charge in [0, 0.05) is 17.0 Å². The van der Waals surface area contributed by atoms with Crippen molar-refractivity contribution in [3.63, 3.8) is 0 Å². The minimum Gasteiger partial charge on any atom is -0.494 e. The molecule has 0 N–H and O–H groups in total. The van der Waals surface area contributed by atoms with Crippen LogP contribution in [0.15, 0.2) is 30.3 Å². The predicted octanol–water partition coefficient (Wildman–Crippen LogP) is 2.57. The third kappa shape index (κ3) is 3.94. The summed E-state index contributed by atoms with van der Waals surface area (Å²) in [6.07, 6.45) is -0.974. The number of ether oxygens (including phenoxy) is 2. The number of ketones is 1. The molecular formula is C19H20N4O4. The molecule has 0 bridgehead atoms. The van der Waals surface area contributed by atoms with Crippen LogP contribution in [0.4, 0.5) is 0 Å². The standard InChI is InChI=1S/C19H20N4O4/c1-5-26-15-8-6-14(7-9-15)16(24)13(4)27-18(25)17-21-19-20-11(2)10-12(3)23(19)22-17/h6-10,13H,5H2,1-4H3/t13-/m0/s1. The largest absolute Gasteiger partial charge is 0.494 e. The quantitative estimate of drug-likeness (QED) is 0.487. The minimum absolute atomic E-state index is 0.137. The number of nitrogens with zero attached hydrogens (tertiary/aromatic N) is 4. The van der Waals surface area contributed by atoms with Gasteiger partial charge in [-0.05, 0) is 58.0 Å². The molecule has 2 heterocycles. The monoisotopic (exact) mass is 368 g/mol. The number of fused-ring (bicyclic) bond motifs is 1. The average Bonchev–Trinajstić information content (AvgIpc) is 3.06. The molecule has 0 saturated heterocycles. The molecule has 0 spiro atoms. The molecule has 0 aliphatic carbocycles. The Kier molecular flexibility index (Phi) is 5.16. The Morgan fingerprint density at radius 3 is 2.52 bits per heavy atom. The lowest BCUT2D eigenvalue weighted by atomic mass is 10.1. The van der Waals surface area contributed by atoms with Gasteiger partial charge in [0.05, 0.1) is 6.61 Å². The Labute approximate surface area is 156 Å². The van der Waals surface area contributed by atoms with Crippen molar-refractivity contribution < 1.29 is 19.1 Å². The van der Waals surface area contributed by atoms with Gasteiger partial charge in [0.2, 0.25) is 5.78 Å². The Morgan fingerprint density at radius 1 is 1.15 bits per heavy atom. The molecule has 0 aliphatic heterocycles. The highest BCUT2D eigenvalue weighted by molar-refractivity contribution is 6.01. The van der Waals surface area contributed by atoms with E-state index in [2.05, 4.69) is 15.1 Å². The van der Waals surface area contributed by atoms with E-state index in [1.165, 1.54) is 11.4 Å². The van der Waals surface area contributed by atoms with Crippen LogP contribution in [0.5, 0.6) is 5.75 Å². The van der Waals surface area contributed by atoms with Gasteiger partial charge in [-0.3, -0.25) is 4.79 Å². The van der Waals surface area contributed by atoms with Crippen LogP contribution in [0.2, 0.25) is 0 Å². The number of hydrogen-bond donors (Lipinski definition) is 0. The van der Waals surface area contributed by atoms with Crippen LogP contribution >= 0.6 is 0 Å². The molecule has 140 valence electrons. The Morgan fingerprint density at radius 2 is 1.85 bits per heavy atom. The topological polar surface area (TPSA) is 95.7 Å². The number of esters is 1. The van der Waals surface area contributed by atoms with Crippen molar-refractivity contribution in [1.82, 2.24) is 19.6 Å². The van der Waals surface area contributed by atoms with Crippen molar-refractivity contribution >= 4 is 17.5 Å². The second kappa shape index (κ2) is 7.53. The number of rotatable bonds is 6.